The molecule has 0 fully saturated rings. The van der Waals surface area contributed by atoms with Crippen molar-refractivity contribution in [3.05, 3.63) is 18.0 Å². The lowest BCUT2D eigenvalue weighted by Crippen LogP contribution is -2.21. The first-order valence-corrected chi connectivity index (χ1v) is 2.97. The zero-order valence-corrected chi connectivity index (χ0v) is 6.05. The lowest BCUT2D eigenvalue weighted by Gasteiger charge is -2.10. The molecule has 0 spiro atoms. The summed E-state index contributed by atoms with van der Waals surface area (Å²) < 4.78 is 0. The van der Waals surface area contributed by atoms with Crippen LogP contribution >= 0.6 is 0 Å². The monoisotopic (exact) mass is 138 g/mol. The van der Waals surface area contributed by atoms with Gasteiger partial charge < -0.3 is 4.90 Å². The number of amidine groups is 1. The van der Waals surface area contributed by atoms with E-state index in [2.05, 4.69) is 10.2 Å². The molecule has 4 nitrogen and oxygen atoms in total. The molecule has 4 heteroatoms. The minimum Gasteiger partial charge on any atom is -0.361 e. The number of nitrogens with zero attached hydrogens (tertiary/aromatic N) is 2. The van der Waals surface area contributed by atoms with Gasteiger partial charge in [0.05, 0.1) is 5.69 Å². The summed E-state index contributed by atoms with van der Waals surface area (Å²) in [5, 5.41) is 13.9. The summed E-state index contributed by atoms with van der Waals surface area (Å²) in [6.07, 6.45) is 1.63. The fourth-order valence-corrected chi connectivity index (χ4v) is 0.629. The molecular weight excluding hydrogens is 128 g/mol. The Balaban J connectivity index is 2.78. The average molecular weight is 138 g/mol. The SMILES string of the molecule is CN(C)C(=N)c1ccn[nH]1. The smallest absolute Gasteiger partial charge is 0.145 e. The Hall–Kier alpha value is -1.32. The summed E-state index contributed by atoms with van der Waals surface area (Å²) in [5.41, 5.74) is 0.741. The second-order valence-electron chi connectivity index (χ2n) is 2.21. The van der Waals surface area contributed by atoms with Crippen molar-refractivity contribution in [2.24, 2.45) is 0 Å². The van der Waals surface area contributed by atoms with E-state index >= 15 is 0 Å². The molecule has 0 amide bonds. The maximum Gasteiger partial charge on any atom is 0.145 e. The predicted octanol–water partition coefficient (Wildman–Crippen LogP) is 0.297. The van der Waals surface area contributed by atoms with Gasteiger partial charge in [-0.15, -0.1) is 0 Å². The Labute approximate surface area is 59.4 Å². The summed E-state index contributed by atoms with van der Waals surface area (Å²) in [4.78, 5) is 1.72. The Morgan fingerprint density at radius 2 is 2.40 bits per heavy atom. The molecule has 0 aliphatic heterocycles. The Morgan fingerprint density at radius 1 is 1.70 bits per heavy atom. The first-order valence-electron chi connectivity index (χ1n) is 2.97. The zero-order chi connectivity index (χ0) is 7.56. The first kappa shape index (κ1) is 6.80. The highest BCUT2D eigenvalue weighted by atomic mass is 15.2. The topological polar surface area (TPSA) is 55.8 Å². The number of hydrogen-bond acceptors (Lipinski definition) is 2. The van der Waals surface area contributed by atoms with Gasteiger partial charge in [0.1, 0.15) is 5.84 Å². The quantitative estimate of drug-likeness (QED) is 0.433. The molecule has 0 unspecified atom stereocenters. The molecule has 1 aromatic rings. The second kappa shape index (κ2) is 2.51. The number of aromatic amines is 1. The summed E-state index contributed by atoms with van der Waals surface area (Å²) in [5.74, 6) is 0.442. The molecule has 0 radical (unpaired) electrons. The van der Waals surface area contributed by atoms with Crippen LogP contribution in [0, 0.1) is 5.41 Å². The van der Waals surface area contributed by atoms with Gasteiger partial charge in [-0.05, 0) is 6.07 Å². The Bertz CT molecular complexity index is 212. The van der Waals surface area contributed by atoms with Crippen molar-refractivity contribution < 1.29 is 0 Å². The van der Waals surface area contributed by atoms with Gasteiger partial charge >= 0.3 is 0 Å². The third kappa shape index (κ3) is 1.15. The van der Waals surface area contributed by atoms with E-state index in [1.54, 1.807) is 17.2 Å². The summed E-state index contributed by atoms with van der Waals surface area (Å²) >= 11 is 0. The van der Waals surface area contributed by atoms with Crippen LogP contribution < -0.4 is 0 Å². The highest BCUT2D eigenvalue weighted by molar-refractivity contribution is 5.93. The van der Waals surface area contributed by atoms with Gasteiger partial charge in [0.15, 0.2) is 0 Å². The molecule has 0 atom stereocenters. The van der Waals surface area contributed by atoms with Crippen LogP contribution in [0.1, 0.15) is 5.69 Å². The second-order valence-corrected chi connectivity index (χ2v) is 2.21. The van der Waals surface area contributed by atoms with Crippen molar-refractivity contribution >= 4 is 5.84 Å². The van der Waals surface area contributed by atoms with Crippen molar-refractivity contribution in [1.82, 2.24) is 15.1 Å². The molecule has 0 aliphatic carbocycles. The van der Waals surface area contributed by atoms with Crippen LogP contribution in [-0.2, 0) is 0 Å². The number of aromatic nitrogens is 2. The molecule has 0 saturated carbocycles. The summed E-state index contributed by atoms with van der Waals surface area (Å²) in [7, 11) is 3.65. The van der Waals surface area contributed by atoms with Crippen LogP contribution in [0.4, 0.5) is 0 Å². The van der Waals surface area contributed by atoms with Gasteiger partial charge in [-0.3, -0.25) is 10.5 Å². The number of hydrogen-bond donors (Lipinski definition) is 2. The van der Waals surface area contributed by atoms with Gasteiger partial charge in [-0.25, -0.2) is 0 Å². The van der Waals surface area contributed by atoms with Crippen LogP contribution in [0.2, 0.25) is 0 Å². The zero-order valence-electron chi connectivity index (χ0n) is 6.05. The van der Waals surface area contributed by atoms with Crippen LogP contribution in [0.5, 0.6) is 0 Å². The van der Waals surface area contributed by atoms with Crippen LogP contribution in [0.15, 0.2) is 12.3 Å². The van der Waals surface area contributed by atoms with Crippen LogP contribution in [-0.4, -0.2) is 35.0 Å². The van der Waals surface area contributed by atoms with Crippen molar-refractivity contribution in [3.63, 3.8) is 0 Å². The van der Waals surface area contributed by atoms with Crippen molar-refractivity contribution in [2.75, 3.05) is 14.1 Å². The molecule has 1 heterocycles. The van der Waals surface area contributed by atoms with Crippen molar-refractivity contribution in [1.29, 1.82) is 5.41 Å². The number of H-pyrrole nitrogens is 1. The molecule has 0 aliphatic rings. The summed E-state index contributed by atoms with van der Waals surface area (Å²) in [6, 6.07) is 1.77. The fraction of sp³-hybridized carbons (Fsp3) is 0.333. The highest BCUT2D eigenvalue weighted by Crippen LogP contribution is 1.94. The van der Waals surface area contributed by atoms with Crippen LogP contribution in [0.25, 0.3) is 0 Å². The van der Waals surface area contributed by atoms with E-state index in [9.17, 15) is 0 Å². The van der Waals surface area contributed by atoms with Gasteiger partial charge in [0.25, 0.3) is 0 Å². The largest absolute Gasteiger partial charge is 0.361 e. The number of rotatable bonds is 1. The maximum atomic E-state index is 7.46. The molecule has 10 heavy (non-hydrogen) atoms. The molecule has 0 bridgehead atoms. The fourth-order valence-electron chi connectivity index (χ4n) is 0.629. The van der Waals surface area contributed by atoms with Gasteiger partial charge in [0, 0.05) is 20.3 Å². The minimum absolute atomic E-state index is 0.442. The highest BCUT2D eigenvalue weighted by Gasteiger charge is 2.02. The van der Waals surface area contributed by atoms with Crippen LogP contribution in [0.3, 0.4) is 0 Å². The van der Waals surface area contributed by atoms with E-state index in [1.807, 2.05) is 14.1 Å². The van der Waals surface area contributed by atoms with Crippen molar-refractivity contribution in [2.45, 2.75) is 0 Å². The molecule has 0 aromatic carbocycles. The van der Waals surface area contributed by atoms with Gasteiger partial charge in [-0.1, -0.05) is 0 Å². The third-order valence-corrected chi connectivity index (χ3v) is 1.20. The van der Waals surface area contributed by atoms with Gasteiger partial charge in [0.2, 0.25) is 0 Å². The normalized spacial score (nSPS) is 9.40. The molecule has 2 N–H and O–H groups in total. The van der Waals surface area contributed by atoms with E-state index in [1.165, 1.54) is 0 Å². The van der Waals surface area contributed by atoms with E-state index in [0.717, 1.165) is 5.69 Å². The van der Waals surface area contributed by atoms with E-state index in [-0.39, 0.29) is 0 Å². The maximum absolute atomic E-state index is 7.46. The predicted molar refractivity (Wildman–Crippen MR) is 39.1 cm³/mol. The minimum atomic E-state index is 0.442. The van der Waals surface area contributed by atoms with E-state index in [0.29, 0.717) is 5.84 Å². The summed E-state index contributed by atoms with van der Waals surface area (Å²) in [6.45, 7) is 0. The average Bonchev–Trinajstić information content (AvgIpc) is 2.36. The Kier molecular flexibility index (Phi) is 1.71. The molecule has 0 saturated heterocycles. The molecule has 1 aromatic heterocycles. The lowest BCUT2D eigenvalue weighted by atomic mass is 10.4. The third-order valence-electron chi connectivity index (χ3n) is 1.20. The van der Waals surface area contributed by atoms with E-state index in [4.69, 9.17) is 5.41 Å². The number of nitrogens with one attached hydrogen (secondary N) is 2. The molecular formula is C6H10N4. The molecule has 1 rings (SSSR count). The first-order chi connectivity index (χ1) is 4.72. The lowest BCUT2D eigenvalue weighted by molar-refractivity contribution is 0.616. The van der Waals surface area contributed by atoms with Gasteiger partial charge in [-0.2, -0.15) is 5.10 Å². The Morgan fingerprint density at radius 3 is 2.80 bits per heavy atom. The van der Waals surface area contributed by atoms with E-state index < -0.39 is 0 Å². The van der Waals surface area contributed by atoms with Crippen molar-refractivity contribution in [3.8, 4) is 0 Å². The standard InChI is InChI=1S/C6H10N4/c1-10(2)6(7)5-3-4-8-9-5/h3-4,7H,1-2H3,(H,8,9). The molecule has 54 valence electrons.